The SMILES string of the molecule is CCCOC(=O)[C@H](COC(C)=O)OC(C)=O. The fourth-order valence-corrected chi connectivity index (χ4v) is 0.839. The van der Waals surface area contributed by atoms with Gasteiger partial charge in [0.25, 0.3) is 0 Å². The van der Waals surface area contributed by atoms with Crippen LogP contribution in [0.1, 0.15) is 27.2 Å². The van der Waals surface area contributed by atoms with Gasteiger partial charge in [-0.25, -0.2) is 4.79 Å². The Morgan fingerprint density at radius 3 is 2.12 bits per heavy atom. The highest BCUT2D eigenvalue weighted by Crippen LogP contribution is 1.99. The highest BCUT2D eigenvalue weighted by Gasteiger charge is 2.24. The molecule has 0 spiro atoms. The molecule has 16 heavy (non-hydrogen) atoms. The van der Waals surface area contributed by atoms with E-state index in [9.17, 15) is 14.4 Å². The summed E-state index contributed by atoms with van der Waals surface area (Å²) in [5, 5.41) is 0. The third kappa shape index (κ3) is 6.80. The van der Waals surface area contributed by atoms with E-state index in [1.165, 1.54) is 6.92 Å². The molecule has 0 aliphatic heterocycles. The summed E-state index contributed by atoms with van der Waals surface area (Å²) >= 11 is 0. The Morgan fingerprint density at radius 1 is 1.06 bits per heavy atom. The zero-order valence-corrected chi connectivity index (χ0v) is 9.65. The van der Waals surface area contributed by atoms with Crippen molar-refractivity contribution in [3.8, 4) is 0 Å². The number of hydrogen-bond donors (Lipinski definition) is 0. The largest absolute Gasteiger partial charge is 0.463 e. The normalized spacial score (nSPS) is 11.4. The van der Waals surface area contributed by atoms with Crippen LogP contribution in [0.15, 0.2) is 0 Å². The Hall–Kier alpha value is -1.59. The monoisotopic (exact) mass is 232 g/mol. The molecule has 0 N–H and O–H groups in total. The molecule has 0 aromatic carbocycles. The van der Waals surface area contributed by atoms with Crippen LogP contribution >= 0.6 is 0 Å². The minimum Gasteiger partial charge on any atom is -0.463 e. The van der Waals surface area contributed by atoms with Gasteiger partial charge in [0.15, 0.2) is 0 Å². The van der Waals surface area contributed by atoms with Gasteiger partial charge in [0.05, 0.1) is 6.61 Å². The van der Waals surface area contributed by atoms with Gasteiger partial charge in [-0.2, -0.15) is 0 Å². The maximum Gasteiger partial charge on any atom is 0.351 e. The van der Waals surface area contributed by atoms with Crippen LogP contribution in [0, 0.1) is 0 Å². The van der Waals surface area contributed by atoms with E-state index in [-0.39, 0.29) is 13.2 Å². The third-order valence-electron chi connectivity index (χ3n) is 1.46. The van der Waals surface area contributed by atoms with E-state index in [2.05, 4.69) is 9.47 Å². The lowest BCUT2D eigenvalue weighted by Crippen LogP contribution is -2.33. The molecule has 0 aromatic heterocycles. The van der Waals surface area contributed by atoms with Crippen LogP contribution < -0.4 is 0 Å². The Morgan fingerprint density at radius 2 is 1.69 bits per heavy atom. The van der Waals surface area contributed by atoms with Gasteiger partial charge in [-0.3, -0.25) is 9.59 Å². The van der Waals surface area contributed by atoms with Crippen molar-refractivity contribution in [1.29, 1.82) is 0 Å². The molecule has 0 rings (SSSR count). The van der Waals surface area contributed by atoms with Gasteiger partial charge < -0.3 is 14.2 Å². The number of ether oxygens (including phenoxy) is 3. The van der Waals surface area contributed by atoms with Crippen LogP contribution in [0.5, 0.6) is 0 Å². The van der Waals surface area contributed by atoms with E-state index < -0.39 is 24.0 Å². The van der Waals surface area contributed by atoms with Gasteiger partial charge in [-0.1, -0.05) is 6.92 Å². The summed E-state index contributed by atoms with van der Waals surface area (Å²) in [5.74, 6) is -1.90. The highest BCUT2D eigenvalue weighted by molar-refractivity contribution is 5.79. The smallest absolute Gasteiger partial charge is 0.351 e. The number of carbonyl (C=O) groups excluding carboxylic acids is 3. The van der Waals surface area contributed by atoms with Crippen molar-refractivity contribution in [2.75, 3.05) is 13.2 Å². The summed E-state index contributed by atoms with van der Waals surface area (Å²) in [6.07, 6.45) is -0.528. The first kappa shape index (κ1) is 14.4. The molecule has 0 saturated carbocycles. The second kappa shape index (κ2) is 7.67. The molecule has 0 amide bonds. The van der Waals surface area contributed by atoms with Crippen molar-refractivity contribution in [1.82, 2.24) is 0 Å². The summed E-state index contributed by atoms with van der Waals surface area (Å²) in [4.78, 5) is 32.6. The van der Waals surface area contributed by atoms with Crippen LogP contribution in [0.3, 0.4) is 0 Å². The van der Waals surface area contributed by atoms with E-state index in [4.69, 9.17) is 4.74 Å². The number of carbonyl (C=O) groups is 3. The summed E-state index contributed by atoms with van der Waals surface area (Å²) in [6, 6.07) is 0. The molecule has 0 radical (unpaired) electrons. The predicted molar refractivity (Wildman–Crippen MR) is 53.4 cm³/mol. The van der Waals surface area contributed by atoms with E-state index in [0.717, 1.165) is 6.92 Å². The zero-order valence-electron chi connectivity index (χ0n) is 9.65. The summed E-state index contributed by atoms with van der Waals surface area (Å²) in [5.41, 5.74) is 0. The quantitative estimate of drug-likeness (QED) is 0.488. The van der Waals surface area contributed by atoms with Gasteiger partial charge in [0.1, 0.15) is 6.61 Å². The minimum atomic E-state index is -1.19. The van der Waals surface area contributed by atoms with Gasteiger partial charge in [-0.15, -0.1) is 0 Å². The van der Waals surface area contributed by atoms with Gasteiger partial charge in [0.2, 0.25) is 6.10 Å². The lowest BCUT2D eigenvalue weighted by Gasteiger charge is -2.15. The standard InChI is InChI=1S/C10H16O6/c1-4-5-14-10(13)9(16-8(3)12)6-15-7(2)11/h9H,4-6H2,1-3H3/t9-/m0/s1. The van der Waals surface area contributed by atoms with Crippen molar-refractivity contribution < 1.29 is 28.6 Å². The molecular formula is C10H16O6. The second-order valence-electron chi connectivity index (χ2n) is 3.07. The molecule has 6 heteroatoms. The maximum absolute atomic E-state index is 11.4. The summed E-state index contributed by atoms with van der Waals surface area (Å²) in [7, 11) is 0. The zero-order chi connectivity index (χ0) is 12.6. The average Bonchev–Trinajstić information content (AvgIpc) is 2.19. The summed E-state index contributed by atoms with van der Waals surface area (Å²) < 4.78 is 14.0. The molecule has 0 aromatic rings. The lowest BCUT2D eigenvalue weighted by molar-refractivity contribution is -0.173. The van der Waals surface area contributed by atoms with Crippen molar-refractivity contribution in [2.45, 2.75) is 33.3 Å². The summed E-state index contributed by atoms with van der Waals surface area (Å²) in [6.45, 7) is 4.10. The third-order valence-corrected chi connectivity index (χ3v) is 1.46. The van der Waals surface area contributed by atoms with Crippen LogP contribution in [0.4, 0.5) is 0 Å². The van der Waals surface area contributed by atoms with Gasteiger partial charge >= 0.3 is 17.9 Å². The van der Waals surface area contributed by atoms with Crippen LogP contribution in [0.2, 0.25) is 0 Å². The molecule has 0 unspecified atom stereocenters. The fourth-order valence-electron chi connectivity index (χ4n) is 0.839. The Kier molecular flexibility index (Phi) is 6.91. The Bertz CT molecular complexity index is 260. The highest BCUT2D eigenvalue weighted by atomic mass is 16.6. The molecule has 0 fully saturated rings. The molecule has 0 aliphatic carbocycles. The topological polar surface area (TPSA) is 78.9 Å². The van der Waals surface area contributed by atoms with Crippen molar-refractivity contribution in [2.24, 2.45) is 0 Å². The second-order valence-corrected chi connectivity index (χ2v) is 3.07. The first-order valence-corrected chi connectivity index (χ1v) is 4.94. The van der Waals surface area contributed by atoms with Crippen LogP contribution in [-0.2, 0) is 28.6 Å². The molecule has 6 nitrogen and oxygen atoms in total. The van der Waals surface area contributed by atoms with Gasteiger partial charge in [0, 0.05) is 13.8 Å². The van der Waals surface area contributed by atoms with Crippen molar-refractivity contribution in [3.63, 3.8) is 0 Å². The maximum atomic E-state index is 11.4. The van der Waals surface area contributed by atoms with Crippen LogP contribution in [-0.4, -0.2) is 37.2 Å². The van der Waals surface area contributed by atoms with Crippen molar-refractivity contribution >= 4 is 17.9 Å². The predicted octanol–water partition coefficient (Wildman–Crippen LogP) is 0.434. The number of hydrogen-bond acceptors (Lipinski definition) is 6. The first-order chi connectivity index (χ1) is 7.47. The molecular weight excluding hydrogens is 216 g/mol. The fraction of sp³-hybridized carbons (Fsp3) is 0.700. The van der Waals surface area contributed by atoms with E-state index in [1.54, 1.807) is 0 Å². The first-order valence-electron chi connectivity index (χ1n) is 4.94. The van der Waals surface area contributed by atoms with E-state index >= 15 is 0 Å². The Labute approximate surface area is 93.8 Å². The molecule has 0 saturated heterocycles. The molecule has 1 atom stereocenters. The average molecular weight is 232 g/mol. The lowest BCUT2D eigenvalue weighted by atomic mass is 10.4. The number of rotatable bonds is 6. The Balaban J connectivity index is 4.22. The minimum absolute atomic E-state index is 0.233. The van der Waals surface area contributed by atoms with Gasteiger partial charge in [-0.05, 0) is 6.42 Å². The van der Waals surface area contributed by atoms with Crippen molar-refractivity contribution in [3.05, 3.63) is 0 Å². The van der Waals surface area contributed by atoms with E-state index in [0.29, 0.717) is 6.42 Å². The molecule has 0 bridgehead atoms. The molecule has 92 valence electrons. The van der Waals surface area contributed by atoms with Crippen LogP contribution in [0.25, 0.3) is 0 Å². The molecule has 0 heterocycles. The molecule has 0 aliphatic rings. The number of esters is 3. The van der Waals surface area contributed by atoms with E-state index in [1.807, 2.05) is 6.92 Å².